The van der Waals surface area contributed by atoms with E-state index in [1.54, 1.807) is 36.2 Å². The molecule has 1 saturated carbocycles. The second kappa shape index (κ2) is 7.85. The van der Waals surface area contributed by atoms with Crippen molar-refractivity contribution < 1.29 is 19.5 Å². The minimum absolute atomic E-state index is 0.233. The lowest BCUT2D eigenvalue weighted by Gasteiger charge is -2.39. The summed E-state index contributed by atoms with van der Waals surface area (Å²) in [5.41, 5.74) is -0.996. The Morgan fingerprint density at radius 3 is 2.23 bits per heavy atom. The van der Waals surface area contributed by atoms with Crippen LogP contribution in [0.25, 0.3) is 0 Å². The zero-order chi connectivity index (χ0) is 21.5. The third kappa shape index (κ3) is 3.48. The monoisotopic (exact) mass is 433 g/mol. The van der Waals surface area contributed by atoms with Crippen molar-refractivity contribution in [2.45, 2.75) is 56.1 Å². The lowest BCUT2D eigenvalue weighted by molar-refractivity contribution is -0.142. The Morgan fingerprint density at radius 2 is 1.63 bits per heavy atom. The van der Waals surface area contributed by atoms with Crippen LogP contribution in [0.15, 0.2) is 24.3 Å². The molecule has 2 heterocycles. The highest BCUT2D eigenvalue weighted by Crippen LogP contribution is 2.39. The molecule has 0 bridgehead atoms. The molecule has 1 N–H and O–H groups in total. The highest BCUT2D eigenvalue weighted by Gasteiger charge is 2.56. The summed E-state index contributed by atoms with van der Waals surface area (Å²) < 4.78 is 0. The number of amides is 4. The summed E-state index contributed by atoms with van der Waals surface area (Å²) in [6.07, 6.45) is 5.02. The van der Waals surface area contributed by atoms with Crippen LogP contribution in [-0.4, -0.2) is 69.9 Å². The van der Waals surface area contributed by atoms with E-state index in [4.69, 9.17) is 11.6 Å². The van der Waals surface area contributed by atoms with Crippen molar-refractivity contribution in [2.75, 3.05) is 26.7 Å². The second-order valence-electron chi connectivity index (χ2n) is 8.74. The number of imide groups is 1. The largest absolute Gasteiger partial charge is 0.385 e. The molecule has 30 heavy (non-hydrogen) atoms. The number of hydrogen-bond donors (Lipinski definition) is 1. The predicted octanol–water partition coefficient (Wildman–Crippen LogP) is 2.75. The Bertz CT molecular complexity index is 842. The van der Waals surface area contributed by atoms with Gasteiger partial charge in [0, 0.05) is 25.2 Å². The number of carbonyl (C=O) groups is 3. The van der Waals surface area contributed by atoms with Gasteiger partial charge in [0.15, 0.2) is 0 Å². The molecule has 0 unspecified atom stereocenters. The van der Waals surface area contributed by atoms with E-state index in [1.165, 1.54) is 4.90 Å². The van der Waals surface area contributed by atoms with Gasteiger partial charge in [-0.3, -0.25) is 14.5 Å². The van der Waals surface area contributed by atoms with Gasteiger partial charge in [-0.2, -0.15) is 0 Å². The number of nitrogens with zero attached hydrogens (tertiary/aromatic N) is 3. The van der Waals surface area contributed by atoms with Crippen LogP contribution in [0.1, 0.15) is 50.5 Å². The first kappa shape index (κ1) is 21.1. The summed E-state index contributed by atoms with van der Waals surface area (Å²) in [5.74, 6) is -0.492. The van der Waals surface area contributed by atoms with Gasteiger partial charge in [-0.05, 0) is 43.4 Å². The smallest absolute Gasteiger partial charge is 0.327 e. The molecular formula is C22H28ClN3O4. The molecule has 1 aromatic carbocycles. The zero-order valence-corrected chi connectivity index (χ0v) is 18.0. The maximum absolute atomic E-state index is 13.1. The van der Waals surface area contributed by atoms with Crippen molar-refractivity contribution in [1.82, 2.24) is 14.7 Å². The zero-order valence-electron chi connectivity index (χ0n) is 17.3. The lowest BCUT2D eigenvalue weighted by Crippen LogP contribution is -2.51. The van der Waals surface area contributed by atoms with Crippen LogP contribution in [0.2, 0.25) is 5.02 Å². The van der Waals surface area contributed by atoms with Gasteiger partial charge in [0.1, 0.15) is 12.1 Å². The summed E-state index contributed by atoms with van der Waals surface area (Å²) >= 11 is 5.93. The molecule has 0 aromatic heterocycles. The van der Waals surface area contributed by atoms with E-state index in [2.05, 4.69) is 0 Å². The molecule has 4 rings (SSSR count). The van der Waals surface area contributed by atoms with E-state index in [0.29, 0.717) is 43.8 Å². The molecular weight excluding hydrogens is 406 g/mol. The van der Waals surface area contributed by atoms with Gasteiger partial charge < -0.3 is 14.9 Å². The maximum Gasteiger partial charge on any atom is 0.327 e. The first-order chi connectivity index (χ1) is 14.3. The van der Waals surface area contributed by atoms with Gasteiger partial charge in [-0.1, -0.05) is 43.0 Å². The van der Waals surface area contributed by atoms with E-state index in [0.717, 1.165) is 29.7 Å². The molecule has 8 heteroatoms. The van der Waals surface area contributed by atoms with Crippen LogP contribution in [-0.2, 0) is 15.2 Å². The van der Waals surface area contributed by atoms with Crippen LogP contribution >= 0.6 is 11.6 Å². The van der Waals surface area contributed by atoms with Gasteiger partial charge >= 0.3 is 6.03 Å². The lowest BCUT2D eigenvalue weighted by atomic mass is 9.81. The van der Waals surface area contributed by atoms with Crippen LogP contribution < -0.4 is 0 Å². The van der Waals surface area contributed by atoms with E-state index in [-0.39, 0.29) is 24.4 Å². The number of likely N-dealkylation sites (N-methyl/N-ethyl adjacent to an activating group) is 1. The van der Waals surface area contributed by atoms with Gasteiger partial charge in [-0.15, -0.1) is 0 Å². The van der Waals surface area contributed by atoms with Crippen molar-refractivity contribution >= 4 is 29.4 Å². The number of aliphatic hydroxyl groups is 1. The van der Waals surface area contributed by atoms with E-state index in [9.17, 15) is 19.5 Å². The van der Waals surface area contributed by atoms with Gasteiger partial charge in [0.05, 0.1) is 5.60 Å². The number of urea groups is 1. The molecule has 2 saturated heterocycles. The minimum Gasteiger partial charge on any atom is -0.385 e. The molecule has 4 amide bonds. The number of hydrogen-bond acceptors (Lipinski definition) is 4. The number of benzene rings is 1. The molecule has 1 spiro atoms. The number of likely N-dealkylation sites (tertiary alicyclic amines) is 1. The minimum atomic E-state index is -1.01. The SMILES string of the molecule is CN1C(=O)N(CC(=O)N2CCC(O)(c3ccc(Cl)cc3)CC2)C(=O)C12CCCCC2. The first-order valence-electron chi connectivity index (χ1n) is 10.6. The third-order valence-corrected chi connectivity index (χ3v) is 7.35. The van der Waals surface area contributed by atoms with Crippen molar-refractivity contribution in [2.24, 2.45) is 0 Å². The normalized spacial score (nSPS) is 23.4. The first-order valence-corrected chi connectivity index (χ1v) is 11.0. The number of carbonyl (C=O) groups excluding carboxylic acids is 3. The molecule has 162 valence electrons. The molecule has 0 radical (unpaired) electrons. The average molecular weight is 434 g/mol. The Hall–Kier alpha value is -2.12. The fraction of sp³-hybridized carbons (Fsp3) is 0.591. The Labute approximate surface area is 181 Å². The molecule has 0 atom stereocenters. The Kier molecular flexibility index (Phi) is 5.53. The van der Waals surface area contributed by atoms with Crippen molar-refractivity contribution in [3.05, 3.63) is 34.9 Å². The van der Waals surface area contributed by atoms with E-state index >= 15 is 0 Å². The summed E-state index contributed by atoms with van der Waals surface area (Å²) in [5, 5.41) is 11.6. The van der Waals surface area contributed by atoms with Crippen molar-refractivity contribution in [3.8, 4) is 0 Å². The van der Waals surface area contributed by atoms with Gasteiger partial charge in [0.25, 0.3) is 5.91 Å². The molecule has 1 aliphatic carbocycles. The molecule has 3 aliphatic rings. The summed E-state index contributed by atoms with van der Waals surface area (Å²) in [6, 6.07) is 6.72. The van der Waals surface area contributed by atoms with E-state index in [1.807, 2.05) is 0 Å². The topological polar surface area (TPSA) is 81.2 Å². The highest BCUT2D eigenvalue weighted by atomic mass is 35.5. The summed E-state index contributed by atoms with van der Waals surface area (Å²) in [6.45, 7) is 0.507. The predicted molar refractivity (Wildman–Crippen MR) is 112 cm³/mol. The van der Waals surface area contributed by atoms with Crippen molar-refractivity contribution in [3.63, 3.8) is 0 Å². The number of halogens is 1. The standard InChI is InChI=1S/C22H28ClN3O4/c1-24-20(29)26(19(28)21(24)9-3-2-4-10-21)15-18(27)25-13-11-22(30,12-14-25)16-5-7-17(23)8-6-16/h5-8,30H,2-4,9-15H2,1H3. The van der Waals surface area contributed by atoms with Crippen molar-refractivity contribution in [1.29, 1.82) is 0 Å². The molecule has 7 nitrogen and oxygen atoms in total. The summed E-state index contributed by atoms with van der Waals surface area (Å²) in [7, 11) is 1.67. The van der Waals surface area contributed by atoms with Gasteiger partial charge in [0.2, 0.25) is 5.91 Å². The van der Waals surface area contributed by atoms with Gasteiger partial charge in [-0.25, -0.2) is 4.79 Å². The maximum atomic E-state index is 13.1. The van der Waals surface area contributed by atoms with Crippen LogP contribution in [0.3, 0.4) is 0 Å². The molecule has 1 aromatic rings. The van der Waals surface area contributed by atoms with Crippen LogP contribution in [0, 0.1) is 0 Å². The fourth-order valence-electron chi connectivity index (χ4n) is 5.08. The number of piperidine rings is 1. The van der Waals surface area contributed by atoms with E-state index < -0.39 is 11.1 Å². The molecule has 2 aliphatic heterocycles. The highest BCUT2D eigenvalue weighted by molar-refractivity contribution is 6.30. The van der Waals surface area contributed by atoms with Crippen LogP contribution in [0.5, 0.6) is 0 Å². The third-order valence-electron chi connectivity index (χ3n) is 7.10. The second-order valence-corrected chi connectivity index (χ2v) is 9.18. The number of rotatable bonds is 3. The molecule has 3 fully saturated rings. The fourth-order valence-corrected chi connectivity index (χ4v) is 5.21. The van der Waals surface area contributed by atoms with Crippen LogP contribution in [0.4, 0.5) is 4.79 Å². The summed E-state index contributed by atoms with van der Waals surface area (Å²) in [4.78, 5) is 43.0. The Morgan fingerprint density at radius 1 is 1.03 bits per heavy atom. The Balaban J connectivity index is 1.40. The average Bonchev–Trinajstić information content (AvgIpc) is 2.91. The quantitative estimate of drug-likeness (QED) is 0.743.